The van der Waals surface area contributed by atoms with Crippen LogP contribution in [0.25, 0.3) is 0 Å². The average molecular weight is 487 g/mol. The van der Waals surface area contributed by atoms with E-state index in [9.17, 15) is 0 Å². The van der Waals surface area contributed by atoms with E-state index in [1.165, 1.54) is 35.1 Å². The lowest BCUT2D eigenvalue weighted by Crippen LogP contribution is -2.36. The lowest BCUT2D eigenvalue weighted by atomic mass is 10.00. The highest BCUT2D eigenvalue weighted by Crippen LogP contribution is 2.29. The Labute approximate surface area is 213 Å². The molecule has 2 aliphatic rings. The number of thiocarbonyl (C=S) groups is 1. The number of aromatic nitrogens is 2. The molecule has 1 atom stereocenters. The van der Waals surface area contributed by atoms with Crippen LogP contribution in [0.5, 0.6) is 0 Å². The van der Waals surface area contributed by atoms with Gasteiger partial charge in [-0.15, -0.1) is 0 Å². The second-order valence-corrected chi connectivity index (χ2v) is 10.2. The van der Waals surface area contributed by atoms with E-state index in [0.29, 0.717) is 23.5 Å². The van der Waals surface area contributed by atoms with Crippen LogP contribution >= 0.6 is 12.2 Å². The van der Waals surface area contributed by atoms with Crippen LogP contribution in [-0.2, 0) is 19.5 Å². The summed E-state index contributed by atoms with van der Waals surface area (Å²) in [7, 11) is 0. The minimum Gasteiger partial charge on any atom is -0.358 e. The van der Waals surface area contributed by atoms with Crippen molar-refractivity contribution in [3.05, 3.63) is 76.9 Å². The molecule has 3 aromatic rings. The van der Waals surface area contributed by atoms with E-state index in [1.54, 1.807) is 0 Å². The van der Waals surface area contributed by atoms with Crippen LogP contribution in [0.1, 0.15) is 42.0 Å². The first-order chi connectivity index (χ1) is 17.0. The fourth-order valence-corrected chi connectivity index (χ4v) is 5.09. The zero-order valence-corrected chi connectivity index (χ0v) is 21.4. The Hall–Kier alpha value is -3.19. The van der Waals surface area contributed by atoms with E-state index in [4.69, 9.17) is 22.2 Å². The fraction of sp³-hybridized carbons (Fsp3) is 0.393. The van der Waals surface area contributed by atoms with Gasteiger partial charge >= 0.3 is 0 Å². The van der Waals surface area contributed by atoms with Crippen molar-refractivity contribution in [3.8, 4) is 0 Å². The molecule has 2 aromatic carbocycles. The van der Waals surface area contributed by atoms with Crippen molar-refractivity contribution < 1.29 is 0 Å². The summed E-state index contributed by atoms with van der Waals surface area (Å²) < 4.78 is 0. The van der Waals surface area contributed by atoms with Crippen molar-refractivity contribution in [2.45, 2.75) is 46.2 Å². The van der Waals surface area contributed by atoms with Gasteiger partial charge in [0.15, 0.2) is 5.11 Å². The molecule has 1 saturated heterocycles. The molecule has 35 heavy (non-hydrogen) atoms. The van der Waals surface area contributed by atoms with Crippen molar-refractivity contribution in [2.75, 3.05) is 34.8 Å². The number of hydrogen-bond acceptors (Lipinski definition) is 5. The van der Waals surface area contributed by atoms with E-state index in [1.807, 2.05) is 0 Å². The number of piperidine rings is 1. The summed E-state index contributed by atoms with van der Waals surface area (Å²) in [5.74, 6) is 3.14. The topological polar surface area (TPSA) is 56.3 Å². The summed E-state index contributed by atoms with van der Waals surface area (Å²) in [5, 5.41) is 7.09. The molecular weight excluding hydrogens is 452 g/mol. The Kier molecular flexibility index (Phi) is 7.13. The number of nitrogens with zero attached hydrogens (tertiary/aromatic N) is 4. The quantitative estimate of drug-likeness (QED) is 0.488. The standard InChI is InChI=1S/C28H34N6S/c1-20-9-11-22(12-10-20)17-29-28(35)32-27-30-25(33-14-5-6-21(2)18-33)16-26(31-27)34-15-13-23-7-3-4-8-24(23)19-34/h3-4,7-12,16,21H,5-6,13-15,17-19H2,1-2H3,(H2,29,30,31,32,35)/t21-/m1/s1. The lowest BCUT2D eigenvalue weighted by Gasteiger charge is -2.34. The second kappa shape index (κ2) is 10.6. The summed E-state index contributed by atoms with van der Waals surface area (Å²) in [6.07, 6.45) is 3.49. The first kappa shape index (κ1) is 23.5. The number of nitrogens with one attached hydrogen (secondary N) is 2. The molecule has 1 fully saturated rings. The predicted molar refractivity (Wildman–Crippen MR) is 148 cm³/mol. The molecule has 6 nitrogen and oxygen atoms in total. The molecule has 7 heteroatoms. The van der Waals surface area contributed by atoms with Gasteiger partial charge in [0.25, 0.3) is 0 Å². The Bertz CT molecular complexity index is 1180. The number of anilines is 3. The van der Waals surface area contributed by atoms with Gasteiger partial charge in [-0.05, 0) is 61.0 Å². The van der Waals surface area contributed by atoms with Crippen molar-refractivity contribution in [3.63, 3.8) is 0 Å². The first-order valence-electron chi connectivity index (χ1n) is 12.6. The summed E-state index contributed by atoms with van der Waals surface area (Å²) >= 11 is 5.60. The third-order valence-electron chi connectivity index (χ3n) is 6.93. The fourth-order valence-electron chi connectivity index (χ4n) is 4.92. The second-order valence-electron chi connectivity index (χ2n) is 9.83. The zero-order valence-electron chi connectivity index (χ0n) is 20.6. The van der Waals surface area contributed by atoms with Gasteiger partial charge in [-0.3, -0.25) is 0 Å². The van der Waals surface area contributed by atoms with Gasteiger partial charge in [0, 0.05) is 38.8 Å². The van der Waals surface area contributed by atoms with Crippen LogP contribution in [0.2, 0.25) is 0 Å². The average Bonchev–Trinajstić information content (AvgIpc) is 2.88. The number of fused-ring (bicyclic) bond motifs is 1. The highest BCUT2D eigenvalue weighted by Gasteiger charge is 2.23. The molecule has 3 heterocycles. The van der Waals surface area contributed by atoms with E-state index < -0.39 is 0 Å². The van der Waals surface area contributed by atoms with Crippen LogP contribution < -0.4 is 20.4 Å². The molecule has 0 unspecified atom stereocenters. The molecule has 0 amide bonds. The third-order valence-corrected chi connectivity index (χ3v) is 7.18. The maximum absolute atomic E-state index is 5.60. The predicted octanol–water partition coefficient (Wildman–Crippen LogP) is 5.07. The highest BCUT2D eigenvalue weighted by atomic mass is 32.1. The van der Waals surface area contributed by atoms with Crippen LogP contribution in [-0.4, -0.2) is 34.7 Å². The van der Waals surface area contributed by atoms with E-state index >= 15 is 0 Å². The van der Waals surface area contributed by atoms with Gasteiger partial charge in [-0.25, -0.2) is 0 Å². The van der Waals surface area contributed by atoms with Crippen LogP contribution in [0, 0.1) is 12.8 Å². The van der Waals surface area contributed by atoms with Crippen LogP contribution in [0.3, 0.4) is 0 Å². The Morgan fingerprint density at radius 1 is 1.00 bits per heavy atom. The first-order valence-corrected chi connectivity index (χ1v) is 13.0. The van der Waals surface area contributed by atoms with Gasteiger partial charge in [0.1, 0.15) is 11.6 Å². The van der Waals surface area contributed by atoms with E-state index in [0.717, 1.165) is 44.2 Å². The summed E-state index contributed by atoms with van der Waals surface area (Å²) in [6, 6.07) is 19.3. The van der Waals surface area contributed by atoms with Crippen LogP contribution in [0.15, 0.2) is 54.6 Å². The molecule has 0 radical (unpaired) electrons. The summed E-state index contributed by atoms with van der Waals surface area (Å²) in [6.45, 7) is 8.92. The zero-order chi connectivity index (χ0) is 24.2. The van der Waals surface area contributed by atoms with E-state index in [-0.39, 0.29) is 0 Å². The number of aryl methyl sites for hydroxylation is 1. The number of hydrogen-bond donors (Lipinski definition) is 2. The number of rotatable bonds is 5. The minimum absolute atomic E-state index is 0.532. The molecule has 182 valence electrons. The van der Waals surface area contributed by atoms with Crippen molar-refractivity contribution in [2.24, 2.45) is 5.92 Å². The highest BCUT2D eigenvalue weighted by molar-refractivity contribution is 7.80. The largest absolute Gasteiger partial charge is 0.358 e. The molecule has 2 aliphatic heterocycles. The van der Waals surface area contributed by atoms with Crippen LogP contribution in [0.4, 0.5) is 17.6 Å². The molecule has 0 aliphatic carbocycles. The van der Waals surface area contributed by atoms with Crippen molar-refractivity contribution >= 4 is 34.9 Å². The molecule has 0 spiro atoms. The SMILES string of the molecule is Cc1ccc(CNC(=S)Nc2nc(N3CCc4ccccc4C3)cc(N3CCC[C@@H](C)C3)n2)cc1. The third kappa shape index (κ3) is 5.90. The molecular formula is C28H34N6S. The molecule has 1 aromatic heterocycles. The maximum atomic E-state index is 5.60. The van der Waals surface area contributed by atoms with Gasteiger partial charge in [0.05, 0.1) is 0 Å². The lowest BCUT2D eigenvalue weighted by molar-refractivity contribution is 0.444. The molecule has 0 saturated carbocycles. The van der Waals surface area contributed by atoms with Gasteiger partial charge < -0.3 is 20.4 Å². The van der Waals surface area contributed by atoms with Crippen molar-refractivity contribution in [1.82, 2.24) is 15.3 Å². The smallest absolute Gasteiger partial charge is 0.232 e. The summed E-state index contributed by atoms with van der Waals surface area (Å²) in [4.78, 5) is 14.5. The van der Waals surface area contributed by atoms with Gasteiger partial charge in [0.2, 0.25) is 5.95 Å². The van der Waals surface area contributed by atoms with E-state index in [2.05, 4.69) is 88.9 Å². The monoisotopic (exact) mass is 486 g/mol. The Morgan fingerprint density at radius 2 is 1.74 bits per heavy atom. The minimum atomic E-state index is 0.532. The Morgan fingerprint density at radius 3 is 2.51 bits per heavy atom. The molecule has 2 N–H and O–H groups in total. The van der Waals surface area contributed by atoms with Gasteiger partial charge in [-0.1, -0.05) is 61.0 Å². The summed E-state index contributed by atoms with van der Waals surface area (Å²) in [5.41, 5.74) is 5.24. The number of benzene rings is 2. The van der Waals surface area contributed by atoms with Crippen molar-refractivity contribution in [1.29, 1.82) is 0 Å². The maximum Gasteiger partial charge on any atom is 0.232 e. The molecule has 5 rings (SSSR count). The molecule has 0 bridgehead atoms. The van der Waals surface area contributed by atoms with Gasteiger partial charge in [-0.2, -0.15) is 9.97 Å². The Balaban J connectivity index is 1.35. The normalized spacial score (nSPS) is 17.6.